The minimum Gasteiger partial charge on any atom is -0.441 e. The van der Waals surface area contributed by atoms with Gasteiger partial charge in [-0.2, -0.15) is 0 Å². The Bertz CT molecular complexity index is 803. The molecular weight excluding hydrogens is 399 g/mol. The molecule has 1 saturated heterocycles. The molecule has 0 bridgehead atoms. The first-order valence-corrected chi connectivity index (χ1v) is 10.5. The van der Waals surface area contributed by atoms with E-state index in [1.807, 2.05) is 12.1 Å². The van der Waals surface area contributed by atoms with Gasteiger partial charge in [0.2, 0.25) is 0 Å². The number of aromatic nitrogens is 1. The molecule has 1 amide bonds. The van der Waals surface area contributed by atoms with E-state index in [9.17, 15) is 4.79 Å². The highest BCUT2D eigenvalue weighted by Crippen LogP contribution is 2.41. The fourth-order valence-corrected chi connectivity index (χ4v) is 4.62. The largest absolute Gasteiger partial charge is 0.441 e. The highest BCUT2D eigenvalue weighted by Gasteiger charge is 2.35. The van der Waals surface area contributed by atoms with Crippen molar-refractivity contribution in [2.24, 2.45) is 5.92 Å². The molecule has 1 aliphatic heterocycles. The molecular formula is C20H24Cl2N4O2. The molecule has 1 atom stereocenters. The lowest BCUT2D eigenvalue weighted by atomic mass is 9.75. The summed E-state index contributed by atoms with van der Waals surface area (Å²) in [6, 6.07) is 6.30. The van der Waals surface area contributed by atoms with Crippen molar-refractivity contribution in [1.29, 1.82) is 0 Å². The Labute approximate surface area is 174 Å². The van der Waals surface area contributed by atoms with E-state index in [1.165, 1.54) is 12.5 Å². The normalized spacial score (nSPS) is 23.8. The average molecular weight is 423 g/mol. The third kappa shape index (κ3) is 4.35. The van der Waals surface area contributed by atoms with Gasteiger partial charge in [0.15, 0.2) is 0 Å². The van der Waals surface area contributed by atoms with E-state index < -0.39 is 0 Å². The number of halogens is 2. The zero-order chi connectivity index (χ0) is 19.5. The van der Waals surface area contributed by atoms with Crippen LogP contribution in [0.5, 0.6) is 0 Å². The predicted octanol–water partition coefficient (Wildman–Crippen LogP) is 3.53. The number of nitrogens with one attached hydrogen (secondary N) is 2. The molecule has 6 nitrogen and oxygen atoms in total. The van der Waals surface area contributed by atoms with Gasteiger partial charge in [-0.05, 0) is 36.8 Å². The van der Waals surface area contributed by atoms with Crippen molar-refractivity contribution in [3.63, 3.8) is 0 Å². The topological polar surface area (TPSA) is 70.4 Å². The van der Waals surface area contributed by atoms with Gasteiger partial charge in [0, 0.05) is 38.3 Å². The lowest BCUT2D eigenvalue weighted by Crippen LogP contribution is -2.48. The molecule has 4 rings (SSSR count). The number of amides is 1. The summed E-state index contributed by atoms with van der Waals surface area (Å²) in [4.78, 5) is 18.5. The van der Waals surface area contributed by atoms with Crippen LogP contribution in [0.1, 0.15) is 41.6 Å². The standard InChI is InChI=1S/C20H24Cl2N4O2/c21-16-3-1-2-15(18(16)22)17(26-7-4-23-5-8-26)12-13-10-14(11-13)25-19(27)20-24-6-9-28-20/h1-3,6,9,13-14,17,23H,4-5,7-8,10-12H2,(H,25,27). The van der Waals surface area contributed by atoms with Crippen molar-refractivity contribution in [2.75, 3.05) is 26.2 Å². The molecule has 0 radical (unpaired) electrons. The highest BCUT2D eigenvalue weighted by atomic mass is 35.5. The van der Waals surface area contributed by atoms with E-state index >= 15 is 0 Å². The minimum absolute atomic E-state index is 0.118. The van der Waals surface area contributed by atoms with Crippen LogP contribution in [0.4, 0.5) is 0 Å². The van der Waals surface area contributed by atoms with Gasteiger partial charge in [-0.3, -0.25) is 9.69 Å². The zero-order valence-electron chi connectivity index (χ0n) is 15.5. The van der Waals surface area contributed by atoms with Crippen LogP contribution in [0.15, 0.2) is 35.1 Å². The number of nitrogens with zero attached hydrogens (tertiary/aromatic N) is 2. The van der Waals surface area contributed by atoms with Gasteiger partial charge < -0.3 is 15.1 Å². The summed E-state index contributed by atoms with van der Waals surface area (Å²) in [5.41, 5.74) is 1.10. The number of carbonyl (C=O) groups is 1. The molecule has 1 aromatic carbocycles. The smallest absolute Gasteiger partial charge is 0.307 e. The number of hydrogen-bond donors (Lipinski definition) is 2. The van der Waals surface area contributed by atoms with Crippen LogP contribution < -0.4 is 10.6 Å². The van der Waals surface area contributed by atoms with Gasteiger partial charge in [-0.25, -0.2) is 4.98 Å². The van der Waals surface area contributed by atoms with Crippen LogP contribution >= 0.6 is 23.2 Å². The second kappa shape index (κ2) is 8.82. The molecule has 1 unspecified atom stereocenters. The summed E-state index contributed by atoms with van der Waals surface area (Å²) < 4.78 is 5.05. The first-order chi connectivity index (χ1) is 13.6. The first kappa shape index (κ1) is 19.7. The quantitative estimate of drug-likeness (QED) is 0.744. The van der Waals surface area contributed by atoms with Gasteiger partial charge in [-0.1, -0.05) is 35.3 Å². The molecule has 8 heteroatoms. The molecule has 1 aromatic heterocycles. The van der Waals surface area contributed by atoms with Crippen LogP contribution in [0.3, 0.4) is 0 Å². The van der Waals surface area contributed by atoms with E-state index in [1.54, 1.807) is 0 Å². The molecule has 1 aliphatic carbocycles. The van der Waals surface area contributed by atoms with Gasteiger partial charge in [0.05, 0.1) is 16.2 Å². The van der Waals surface area contributed by atoms with Crippen molar-refractivity contribution >= 4 is 29.1 Å². The van der Waals surface area contributed by atoms with Crippen molar-refractivity contribution in [3.8, 4) is 0 Å². The van der Waals surface area contributed by atoms with Crippen molar-refractivity contribution in [3.05, 3.63) is 52.2 Å². The van der Waals surface area contributed by atoms with Gasteiger partial charge in [0.25, 0.3) is 5.89 Å². The lowest BCUT2D eigenvalue weighted by Gasteiger charge is -2.42. The van der Waals surface area contributed by atoms with Crippen LogP contribution in [-0.4, -0.2) is 48.0 Å². The fourth-order valence-electron chi connectivity index (χ4n) is 4.19. The third-order valence-electron chi connectivity index (χ3n) is 5.69. The summed E-state index contributed by atoms with van der Waals surface area (Å²) >= 11 is 12.8. The Morgan fingerprint density at radius 2 is 2.11 bits per heavy atom. The Morgan fingerprint density at radius 1 is 1.32 bits per heavy atom. The molecule has 1 saturated carbocycles. The molecule has 2 aliphatic rings. The second-order valence-corrected chi connectivity index (χ2v) is 8.31. The number of rotatable bonds is 6. The Balaban J connectivity index is 1.39. The van der Waals surface area contributed by atoms with E-state index in [0.29, 0.717) is 16.0 Å². The van der Waals surface area contributed by atoms with Crippen LogP contribution in [-0.2, 0) is 0 Å². The predicted molar refractivity (Wildman–Crippen MR) is 109 cm³/mol. The van der Waals surface area contributed by atoms with E-state index in [0.717, 1.165) is 51.0 Å². The molecule has 2 heterocycles. The Kier molecular flexibility index (Phi) is 6.21. The summed E-state index contributed by atoms with van der Waals surface area (Å²) in [5, 5.41) is 7.66. The maximum absolute atomic E-state index is 12.1. The van der Waals surface area contributed by atoms with Crippen LogP contribution in [0, 0.1) is 5.92 Å². The monoisotopic (exact) mass is 422 g/mol. The molecule has 150 valence electrons. The number of carbonyl (C=O) groups excluding carboxylic acids is 1. The summed E-state index contributed by atoms with van der Waals surface area (Å²) in [6.07, 6.45) is 5.79. The maximum Gasteiger partial charge on any atom is 0.307 e. The van der Waals surface area contributed by atoms with Gasteiger partial charge in [0.1, 0.15) is 6.26 Å². The second-order valence-electron chi connectivity index (χ2n) is 7.53. The number of oxazole rings is 1. The van der Waals surface area contributed by atoms with Gasteiger partial charge >= 0.3 is 5.91 Å². The zero-order valence-corrected chi connectivity index (χ0v) is 17.0. The molecule has 2 N–H and O–H groups in total. The number of hydrogen-bond acceptors (Lipinski definition) is 5. The van der Waals surface area contributed by atoms with E-state index in [4.69, 9.17) is 27.6 Å². The van der Waals surface area contributed by atoms with Crippen molar-refractivity contribution in [1.82, 2.24) is 20.5 Å². The molecule has 0 spiro atoms. The Morgan fingerprint density at radius 3 is 2.82 bits per heavy atom. The molecule has 28 heavy (non-hydrogen) atoms. The summed E-state index contributed by atoms with van der Waals surface area (Å²) in [5.74, 6) is 0.405. The van der Waals surface area contributed by atoms with Gasteiger partial charge in [-0.15, -0.1) is 0 Å². The SMILES string of the molecule is O=C(NC1CC(CC(c2cccc(Cl)c2Cl)N2CCNCC2)C1)c1ncco1. The Hall–Kier alpha value is -1.60. The average Bonchev–Trinajstić information content (AvgIpc) is 3.22. The number of benzene rings is 1. The highest BCUT2D eigenvalue weighted by molar-refractivity contribution is 6.42. The molecule has 2 fully saturated rings. The first-order valence-electron chi connectivity index (χ1n) is 9.71. The summed E-state index contributed by atoms with van der Waals surface area (Å²) in [6.45, 7) is 3.94. The summed E-state index contributed by atoms with van der Waals surface area (Å²) in [7, 11) is 0. The third-order valence-corrected chi connectivity index (χ3v) is 6.52. The van der Waals surface area contributed by atoms with Crippen molar-refractivity contribution in [2.45, 2.75) is 31.3 Å². The van der Waals surface area contributed by atoms with Crippen LogP contribution in [0.2, 0.25) is 10.0 Å². The van der Waals surface area contributed by atoms with E-state index in [-0.39, 0.29) is 23.9 Å². The lowest BCUT2D eigenvalue weighted by molar-refractivity contribution is 0.0805. The maximum atomic E-state index is 12.1. The van der Waals surface area contributed by atoms with E-state index in [2.05, 4.69) is 26.6 Å². The fraction of sp³-hybridized carbons (Fsp3) is 0.500. The molecule has 2 aromatic rings. The van der Waals surface area contributed by atoms with Crippen LogP contribution in [0.25, 0.3) is 0 Å². The van der Waals surface area contributed by atoms with Crippen molar-refractivity contribution < 1.29 is 9.21 Å². The minimum atomic E-state index is -0.245. The number of piperazine rings is 1.